The Morgan fingerprint density at radius 1 is 0.744 bits per heavy atom. The lowest BCUT2D eigenvalue weighted by atomic mass is 9.94. The fourth-order valence-corrected chi connectivity index (χ4v) is 3.86. The van der Waals surface area contributed by atoms with Crippen LogP contribution >= 0.6 is 0 Å². The molecule has 0 aliphatic heterocycles. The van der Waals surface area contributed by atoms with Crippen LogP contribution in [0.2, 0.25) is 0 Å². The highest BCUT2D eigenvalue weighted by molar-refractivity contribution is 5.73. The minimum absolute atomic E-state index is 0.750. The molecule has 0 saturated heterocycles. The number of carbonyl (C=O) groups is 1. The Balaban J connectivity index is 0. The van der Waals surface area contributed by atoms with Crippen LogP contribution in [0.4, 0.5) is 0 Å². The number of hydrogen-bond donors (Lipinski definition) is 0. The lowest BCUT2D eigenvalue weighted by Crippen LogP contribution is -1.91. The molecule has 0 amide bonds. The molecule has 3 aromatic carbocycles. The second-order valence-electron chi connectivity index (χ2n) is 8.80. The van der Waals surface area contributed by atoms with Crippen LogP contribution in [0, 0.1) is 20.8 Å². The minimum atomic E-state index is 0.750. The van der Waals surface area contributed by atoms with Gasteiger partial charge in [0.25, 0.3) is 0 Å². The summed E-state index contributed by atoms with van der Waals surface area (Å²) < 4.78 is 0. The summed E-state index contributed by atoms with van der Waals surface area (Å²) >= 11 is 0. The van der Waals surface area contributed by atoms with Crippen molar-refractivity contribution in [1.29, 1.82) is 0 Å². The second kappa shape index (κ2) is 23.7. The van der Waals surface area contributed by atoms with Crippen LogP contribution in [-0.2, 0) is 17.6 Å². The van der Waals surface area contributed by atoms with Crippen LogP contribution < -0.4 is 0 Å². The molecule has 0 aliphatic carbocycles. The minimum Gasteiger partial charge on any atom is -0.304 e. The zero-order valence-corrected chi connectivity index (χ0v) is 26.5. The largest absolute Gasteiger partial charge is 0.304 e. The van der Waals surface area contributed by atoms with Gasteiger partial charge in [0.1, 0.15) is 6.29 Å². The molecule has 3 aromatic rings. The second-order valence-corrected chi connectivity index (χ2v) is 8.80. The van der Waals surface area contributed by atoms with Gasteiger partial charge in [0.05, 0.1) is 0 Å². The first kappa shape index (κ1) is 37.7. The molecule has 3 rings (SSSR count). The van der Waals surface area contributed by atoms with Crippen LogP contribution in [0.15, 0.2) is 92.0 Å². The third kappa shape index (κ3) is 14.9. The van der Waals surface area contributed by atoms with E-state index < -0.39 is 0 Å². The maximum Gasteiger partial charge on any atom is 0.116 e. The fraction of sp³-hybridized carbons (Fsp3) is 0.342. The number of aldehydes is 1. The van der Waals surface area contributed by atoms with E-state index in [9.17, 15) is 0 Å². The van der Waals surface area contributed by atoms with Crippen molar-refractivity contribution in [1.82, 2.24) is 0 Å². The van der Waals surface area contributed by atoms with E-state index >= 15 is 0 Å². The SMILES string of the molecule is C/C=C(/C/C=C(/C)c1ccccc1C)c1cc(C)ccc1C.C=C.CC.CC=O.CCc1ccc(CC)cc1. The fourth-order valence-electron chi connectivity index (χ4n) is 3.86. The highest BCUT2D eigenvalue weighted by Gasteiger charge is 2.05. The molecule has 0 N–H and O–H groups in total. The van der Waals surface area contributed by atoms with Gasteiger partial charge in [-0.3, -0.25) is 0 Å². The quantitative estimate of drug-likeness (QED) is 0.230. The molecule has 0 heterocycles. The normalized spacial score (nSPS) is 10.2. The number of aryl methyl sites for hydroxylation is 5. The molecular formula is C38H54O. The van der Waals surface area contributed by atoms with E-state index in [4.69, 9.17) is 4.79 Å². The van der Waals surface area contributed by atoms with Gasteiger partial charge in [-0.2, -0.15) is 0 Å². The molecule has 0 spiro atoms. The van der Waals surface area contributed by atoms with Crippen molar-refractivity contribution in [2.24, 2.45) is 0 Å². The summed E-state index contributed by atoms with van der Waals surface area (Å²) in [5, 5.41) is 0. The van der Waals surface area contributed by atoms with Crippen molar-refractivity contribution < 1.29 is 4.79 Å². The highest BCUT2D eigenvalue weighted by Crippen LogP contribution is 2.26. The van der Waals surface area contributed by atoms with Crippen molar-refractivity contribution in [3.63, 3.8) is 0 Å². The van der Waals surface area contributed by atoms with Crippen LogP contribution in [-0.4, -0.2) is 6.29 Å². The van der Waals surface area contributed by atoms with E-state index in [1.165, 1.54) is 57.0 Å². The monoisotopic (exact) mass is 526 g/mol. The molecular weight excluding hydrogens is 472 g/mol. The first-order valence-corrected chi connectivity index (χ1v) is 14.2. The molecule has 0 aliphatic rings. The van der Waals surface area contributed by atoms with Crippen LogP contribution in [0.3, 0.4) is 0 Å². The molecule has 0 bridgehead atoms. The molecule has 0 aromatic heterocycles. The zero-order chi connectivity index (χ0) is 30.2. The summed E-state index contributed by atoms with van der Waals surface area (Å²) in [4.78, 5) is 8.81. The molecule has 0 atom stereocenters. The third-order valence-electron chi connectivity index (χ3n) is 6.13. The van der Waals surface area contributed by atoms with Crippen LogP contribution in [0.1, 0.15) is 93.8 Å². The van der Waals surface area contributed by atoms with Gasteiger partial charge in [0.15, 0.2) is 0 Å². The molecule has 0 fully saturated rings. The van der Waals surface area contributed by atoms with Gasteiger partial charge in [0.2, 0.25) is 0 Å². The predicted octanol–water partition coefficient (Wildman–Crippen LogP) is 11.4. The van der Waals surface area contributed by atoms with Gasteiger partial charge in [-0.05, 0) is 105 Å². The van der Waals surface area contributed by atoms with E-state index in [1.807, 2.05) is 13.8 Å². The van der Waals surface area contributed by atoms with Crippen molar-refractivity contribution in [2.45, 2.75) is 88.5 Å². The molecule has 1 heteroatoms. The maximum absolute atomic E-state index is 8.81. The van der Waals surface area contributed by atoms with Crippen molar-refractivity contribution in [3.8, 4) is 0 Å². The Bertz CT molecular complexity index is 1090. The van der Waals surface area contributed by atoms with E-state index in [1.54, 1.807) is 0 Å². The topological polar surface area (TPSA) is 17.1 Å². The van der Waals surface area contributed by atoms with E-state index in [0.717, 1.165) is 25.5 Å². The Morgan fingerprint density at radius 2 is 1.21 bits per heavy atom. The Hall–Kier alpha value is -3.45. The van der Waals surface area contributed by atoms with Crippen LogP contribution in [0.25, 0.3) is 11.1 Å². The van der Waals surface area contributed by atoms with Gasteiger partial charge >= 0.3 is 0 Å². The van der Waals surface area contributed by atoms with Crippen molar-refractivity contribution >= 4 is 17.4 Å². The number of carbonyl (C=O) groups excluding carboxylic acids is 1. The van der Waals surface area contributed by atoms with Crippen LogP contribution in [0.5, 0.6) is 0 Å². The molecule has 0 saturated carbocycles. The summed E-state index contributed by atoms with van der Waals surface area (Å²) in [7, 11) is 0. The Kier molecular flexibility index (Phi) is 22.9. The highest BCUT2D eigenvalue weighted by atomic mass is 16.1. The third-order valence-corrected chi connectivity index (χ3v) is 6.13. The lowest BCUT2D eigenvalue weighted by molar-refractivity contribution is -0.106. The average molecular weight is 527 g/mol. The van der Waals surface area contributed by atoms with E-state index in [-0.39, 0.29) is 0 Å². The smallest absolute Gasteiger partial charge is 0.116 e. The van der Waals surface area contributed by atoms with Gasteiger partial charge in [-0.15, -0.1) is 13.2 Å². The standard InChI is InChI=1S/C22H26.C10H14.C2H4O.C2H6.C2H4/c1-6-20(22-15-16(2)11-12-19(22)5)14-13-18(4)21-10-8-7-9-17(21)3;1-3-9-5-7-10(4-2)8-6-9;1-2-3;2*1-2/h6-13,15H,14H2,1-5H3;5-8H,3-4H2,1-2H3;2H,1H3;1-2H3;1-2H2/b18-13-,20-6-;;;;. The van der Waals surface area contributed by atoms with Crippen molar-refractivity contribution in [2.75, 3.05) is 0 Å². The summed E-state index contributed by atoms with van der Waals surface area (Å²) in [5.41, 5.74) is 12.3. The number of hydrogen-bond acceptors (Lipinski definition) is 1. The first-order valence-electron chi connectivity index (χ1n) is 14.2. The average Bonchev–Trinajstić information content (AvgIpc) is 2.98. The van der Waals surface area contributed by atoms with E-state index in [2.05, 4.69) is 141 Å². The molecule has 39 heavy (non-hydrogen) atoms. The Morgan fingerprint density at radius 3 is 1.64 bits per heavy atom. The van der Waals surface area contributed by atoms with Gasteiger partial charge in [0, 0.05) is 0 Å². The van der Waals surface area contributed by atoms with Gasteiger partial charge in [-0.25, -0.2) is 0 Å². The van der Waals surface area contributed by atoms with E-state index in [0.29, 0.717) is 0 Å². The number of allylic oxidation sites excluding steroid dienone is 4. The zero-order valence-electron chi connectivity index (χ0n) is 26.5. The first-order chi connectivity index (χ1) is 18.8. The number of rotatable bonds is 6. The lowest BCUT2D eigenvalue weighted by Gasteiger charge is -2.11. The molecule has 0 unspecified atom stereocenters. The van der Waals surface area contributed by atoms with Crippen molar-refractivity contribution in [3.05, 3.63) is 131 Å². The molecule has 1 nitrogen and oxygen atoms in total. The summed E-state index contributed by atoms with van der Waals surface area (Å²) in [6.45, 7) is 26.7. The molecule has 212 valence electrons. The van der Waals surface area contributed by atoms with Gasteiger partial charge < -0.3 is 4.79 Å². The summed E-state index contributed by atoms with van der Waals surface area (Å²) in [5.74, 6) is 0. The number of benzene rings is 3. The Labute approximate surface area is 241 Å². The maximum atomic E-state index is 8.81. The summed E-state index contributed by atoms with van der Waals surface area (Å²) in [6.07, 6.45) is 8.60. The summed E-state index contributed by atoms with van der Waals surface area (Å²) in [6, 6.07) is 24.1. The predicted molar refractivity (Wildman–Crippen MR) is 179 cm³/mol. The van der Waals surface area contributed by atoms with Gasteiger partial charge in [-0.1, -0.05) is 112 Å². The molecule has 0 radical (unpaired) electrons.